The number of aromatic nitrogens is 3. The fraction of sp³-hybridized carbons (Fsp3) is 0.444. The third kappa shape index (κ3) is 3.19. The minimum atomic E-state index is -0.865. The highest BCUT2D eigenvalue weighted by atomic mass is 35.5. The van der Waals surface area contributed by atoms with Gasteiger partial charge in [0.25, 0.3) is 5.91 Å². The Morgan fingerprint density at radius 3 is 2.65 bits per heavy atom. The standard InChI is InChI=1S/C18H19ClN4O3/c19-13-5-1-2-6-14(13)23-16(11-7-8-11)20-15(21-23)17(24)22-9-3-4-12(10-22)18(25)26/h1-2,5-6,11-12H,3-4,7-10H2,(H,25,26)/t12-/m0/s1. The molecule has 1 atom stereocenters. The first-order valence-corrected chi connectivity index (χ1v) is 9.16. The van der Waals surface area contributed by atoms with Crippen LogP contribution in [0.2, 0.25) is 5.02 Å². The molecule has 1 aromatic carbocycles. The first kappa shape index (κ1) is 17.0. The smallest absolute Gasteiger partial charge is 0.308 e. The van der Waals surface area contributed by atoms with Crippen molar-refractivity contribution < 1.29 is 14.7 Å². The maximum absolute atomic E-state index is 12.9. The average Bonchev–Trinajstić information content (AvgIpc) is 3.40. The lowest BCUT2D eigenvalue weighted by atomic mass is 9.98. The SMILES string of the molecule is O=C(O)[C@H]1CCCN(C(=O)c2nc(C3CC3)n(-c3ccccc3Cl)n2)C1. The minimum absolute atomic E-state index is 0.109. The molecule has 2 aromatic rings. The van der Waals surface area contributed by atoms with Gasteiger partial charge in [-0.2, -0.15) is 0 Å². The highest BCUT2D eigenvalue weighted by Gasteiger charge is 2.34. The van der Waals surface area contributed by atoms with E-state index in [-0.39, 0.29) is 24.2 Å². The molecule has 1 amide bonds. The van der Waals surface area contributed by atoms with E-state index in [1.807, 2.05) is 18.2 Å². The number of piperidine rings is 1. The summed E-state index contributed by atoms with van der Waals surface area (Å²) in [4.78, 5) is 30.1. The Morgan fingerprint density at radius 1 is 1.19 bits per heavy atom. The maximum atomic E-state index is 12.9. The number of halogens is 1. The van der Waals surface area contributed by atoms with Crippen molar-refractivity contribution in [3.05, 3.63) is 40.9 Å². The lowest BCUT2D eigenvalue weighted by molar-refractivity contribution is -0.143. The van der Waals surface area contributed by atoms with Gasteiger partial charge in [0.2, 0.25) is 5.82 Å². The molecule has 4 rings (SSSR count). The molecular weight excluding hydrogens is 356 g/mol. The van der Waals surface area contributed by atoms with Crippen LogP contribution in [0.5, 0.6) is 0 Å². The van der Waals surface area contributed by atoms with Crippen molar-refractivity contribution in [1.82, 2.24) is 19.7 Å². The minimum Gasteiger partial charge on any atom is -0.481 e. The van der Waals surface area contributed by atoms with Gasteiger partial charge in [-0.3, -0.25) is 9.59 Å². The number of likely N-dealkylation sites (tertiary alicyclic amines) is 1. The number of amides is 1. The predicted molar refractivity (Wildman–Crippen MR) is 94.6 cm³/mol. The number of rotatable bonds is 4. The molecule has 1 aliphatic carbocycles. The normalized spacial score (nSPS) is 20.2. The van der Waals surface area contributed by atoms with Crippen LogP contribution >= 0.6 is 11.6 Å². The van der Waals surface area contributed by atoms with Crippen LogP contribution in [0.25, 0.3) is 5.69 Å². The monoisotopic (exact) mass is 374 g/mol. The Kier molecular flexibility index (Phi) is 4.40. The van der Waals surface area contributed by atoms with E-state index >= 15 is 0 Å². The molecule has 2 heterocycles. The van der Waals surface area contributed by atoms with Gasteiger partial charge < -0.3 is 10.0 Å². The van der Waals surface area contributed by atoms with Crippen LogP contribution in [0.15, 0.2) is 24.3 Å². The van der Waals surface area contributed by atoms with Gasteiger partial charge in [-0.15, -0.1) is 5.10 Å². The summed E-state index contributed by atoms with van der Waals surface area (Å²) in [6, 6.07) is 7.33. The van der Waals surface area contributed by atoms with Gasteiger partial charge in [0.1, 0.15) is 5.82 Å². The second kappa shape index (κ2) is 6.72. The number of benzene rings is 1. The number of para-hydroxylation sites is 1. The van der Waals surface area contributed by atoms with Crippen LogP contribution < -0.4 is 0 Å². The lowest BCUT2D eigenvalue weighted by Crippen LogP contribution is -2.42. The topological polar surface area (TPSA) is 88.3 Å². The van der Waals surface area contributed by atoms with Gasteiger partial charge in [0.05, 0.1) is 16.6 Å². The van der Waals surface area contributed by atoms with Crippen LogP contribution in [-0.2, 0) is 4.79 Å². The van der Waals surface area contributed by atoms with Crippen molar-refractivity contribution in [2.75, 3.05) is 13.1 Å². The third-order valence-electron chi connectivity index (χ3n) is 4.90. The van der Waals surface area contributed by atoms with Crippen LogP contribution in [-0.4, -0.2) is 49.7 Å². The summed E-state index contributed by atoms with van der Waals surface area (Å²) < 4.78 is 1.66. The molecule has 1 aliphatic heterocycles. The first-order chi connectivity index (χ1) is 12.5. The molecule has 136 valence electrons. The number of aliphatic carboxylic acids is 1. The number of nitrogens with zero attached hydrogens (tertiary/aromatic N) is 4. The maximum Gasteiger partial charge on any atom is 0.308 e. The molecule has 1 saturated carbocycles. The zero-order valence-electron chi connectivity index (χ0n) is 14.1. The van der Waals surface area contributed by atoms with Gasteiger partial charge in [-0.05, 0) is 37.8 Å². The molecule has 1 N–H and O–H groups in total. The quantitative estimate of drug-likeness (QED) is 0.888. The van der Waals surface area contributed by atoms with E-state index in [0.29, 0.717) is 30.1 Å². The fourth-order valence-electron chi connectivity index (χ4n) is 3.33. The highest BCUT2D eigenvalue weighted by Crippen LogP contribution is 2.40. The van der Waals surface area contributed by atoms with Gasteiger partial charge in [0, 0.05) is 19.0 Å². The van der Waals surface area contributed by atoms with Crippen molar-refractivity contribution in [3.63, 3.8) is 0 Å². The Morgan fingerprint density at radius 2 is 1.96 bits per heavy atom. The second-order valence-corrected chi connectivity index (χ2v) is 7.27. The van der Waals surface area contributed by atoms with Gasteiger partial charge in [-0.1, -0.05) is 23.7 Å². The number of hydrogen-bond donors (Lipinski definition) is 1. The highest BCUT2D eigenvalue weighted by molar-refractivity contribution is 6.32. The van der Waals surface area contributed by atoms with Crippen molar-refractivity contribution in [3.8, 4) is 5.69 Å². The summed E-state index contributed by atoms with van der Waals surface area (Å²) in [6.07, 6.45) is 3.29. The molecule has 0 bridgehead atoms. The van der Waals surface area contributed by atoms with E-state index < -0.39 is 11.9 Å². The van der Waals surface area contributed by atoms with E-state index in [4.69, 9.17) is 11.6 Å². The predicted octanol–water partition coefficient (Wildman–Crippen LogP) is 2.73. The van der Waals surface area contributed by atoms with E-state index in [1.165, 1.54) is 0 Å². The molecule has 1 aromatic heterocycles. The van der Waals surface area contributed by atoms with Crippen molar-refractivity contribution >= 4 is 23.5 Å². The van der Waals surface area contributed by atoms with Crippen molar-refractivity contribution in [2.45, 2.75) is 31.6 Å². The summed E-state index contributed by atoms with van der Waals surface area (Å²) in [5.74, 6) is -0.569. The molecule has 0 unspecified atom stereocenters. The number of carboxylic acid groups (broad SMARTS) is 1. The summed E-state index contributed by atoms with van der Waals surface area (Å²) >= 11 is 6.30. The zero-order valence-corrected chi connectivity index (χ0v) is 14.9. The van der Waals surface area contributed by atoms with Crippen molar-refractivity contribution in [2.24, 2.45) is 5.92 Å². The molecule has 2 fully saturated rings. The van der Waals surface area contributed by atoms with Gasteiger partial charge in [-0.25, -0.2) is 9.67 Å². The lowest BCUT2D eigenvalue weighted by Gasteiger charge is -2.29. The Bertz CT molecular complexity index is 862. The fourth-order valence-corrected chi connectivity index (χ4v) is 3.54. The average molecular weight is 375 g/mol. The van der Waals surface area contributed by atoms with Crippen molar-refractivity contribution in [1.29, 1.82) is 0 Å². The molecule has 2 aliphatic rings. The molecule has 8 heteroatoms. The van der Waals surface area contributed by atoms with Crippen LogP contribution in [0.4, 0.5) is 0 Å². The van der Waals surface area contributed by atoms with Gasteiger partial charge in [0.15, 0.2) is 0 Å². The van der Waals surface area contributed by atoms with Crippen LogP contribution in [0.1, 0.15) is 48.0 Å². The third-order valence-corrected chi connectivity index (χ3v) is 5.22. The zero-order chi connectivity index (χ0) is 18.3. The number of hydrogen-bond acceptors (Lipinski definition) is 4. The number of carbonyl (C=O) groups is 2. The first-order valence-electron chi connectivity index (χ1n) is 8.78. The van der Waals surface area contributed by atoms with E-state index in [9.17, 15) is 14.7 Å². The van der Waals surface area contributed by atoms with E-state index in [2.05, 4.69) is 10.1 Å². The van der Waals surface area contributed by atoms with Gasteiger partial charge >= 0.3 is 5.97 Å². The summed E-state index contributed by atoms with van der Waals surface area (Å²) in [6.45, 7) is 0.732. The van der Waals surface area contributed by atoms with Crippen LogP contribution in [0.3, 0.4) is 0 Å². The summed E-state index contributed by atoms with van der Waals surface area (Å²) in [5, 5.41) is 14.2. The largest absolute Gasteiger partial charge is 0.481 e. The summed E-state index contributed by atoms with van der Waals surface area (Å²) in [5.41, 5.74) is 0.699. The van der Waals surface area contributed by atoms with Crippen LogP contribution in [0, 0.1) is 5.92 Å². The second-order valence-electron chi connectivity index (χ2n) is 6.86. The summed E-state index contributed by atoms with van der Waals surface area (Å²) in [7, 11) is 0. The Hall–Kier alpha value is -2.41. The molecule has 1 saturated heterocycles. The number of carbonyl (C=O) groups excluding carboxylic acids is 1. The van der Waals surface area contributed by atoms with E-state index in [0.717, 1.165) is 18.7 Å². The number of carboxylic acids is 1. The van der Waals surface area contributed by atoms with E-state index in [1.54, 1.807) is 15.6 Å². The molecule has 0 spiro atoms. The Labute approximate surface area is 155 Å². The molecule has 0 radical (unpaired) electrons. The molecule has 26 heavy (non-hydrogen) atoms. The Balaban J connectivity index is 1.65. The molecule has 7 nitrogen and oxygen atoms in total. The molecular formula is C18H19ClN4O3.